The van der Waals surface area contributed by atoms with Crippen molar-refractivity contribution in [3.05, 3.63) is 29.3 Å². The van der Waals surface area contributed by atoms with Crippen LogP contribution in [0.2, 0.25) is 0 Å². The Kier molecular flexibility index (Phi) is 4.40. The molecule has 0 unspecified atom stereocenters. The minimum Gasteiger partial charge on any atom is -0.496 e. The van der Waals surface area contributed by atoms with Crippen LogP contribution in [0.5, 0.6) is 5.75 Å². The summed E-state index contributed by atoms with van der Waals surface area (Å²) in [4.78, 5) is 0. The normalized spacial score (nSPS) is 14.9. The second-order valence-electron chi connectivity index (χ2n) is 4.63. The van der Waals surface area contributed by atoms with Crippen molar-refractivity contribution in [1.82, 2.24) is 0 Å². The third kappa shape index (κ3) is 3.72. The zero-order valence-corrected chi connectivity index (χ0v) is 10.4. The first-order valence-corrected chi connectivity index (χ1v) is 6.27. The van der Waals surface area contributed by atoms with Crippen molar-refractivity contribution in [3.63, 3.8) is 0 Å². The standard InChI is InChI=1S/C14H21NO2/c1-16-14-5-4-12(8-13(14)9-15)10-17-7-6-11-2-3-11/h4-5,8,11H,2-3,6-7,9-10,15H2,1H3. The van der Waals surface area contributed by atoms with Gasteiger partial charge in [-0.05, 0) is 30.0 Å². The minimum absolute atomic E-state index is 0.499. The van der Waals surface area contributed by atoms with Gasteiger partial charge in [-0.1, -0.05) is 18.9 Å². The third-order valence-electron chi connectivity index (χ3n) is 3.20. The summed E-state index contributed by atoms with van der Waals surface area (Å²) < 4.78 is 10.9. The van der Waals surface area contributed by atoms with E-state index >= 15 is 0 Å². The Hall–Kier alpha value is -1.06. The molecule has 1 aromatic rings. The Morgan fingerprint density at radius 3 is 2.82 bits per heavy atom. The molecule has 3 nitrogen and oxygen atoms in total. The maximum Gasteiger partial charge on any atom is 0.123 e. The van der Waals surface area contributed by atoms with Crippen molar-refractivity contribution >= 4 is 0 Å². The van der Waals surface area contributed by atoms with E-state index < -0.39 is 0 Å². The molecule has 0 heterocycles. The van der Waals surface area contributed by atoms with Crippen molar-refractivity contribution in [1.29, 1.82) is 0 Å². The number of hydrogen-bond acceptors (Lipinski definition) is 3. The number of methoxy groups -OCH3 is 1. The fourth-order valence-electron chi connectivity index (χ4n) is 1.93. The van der Waals surface area contributed by atoms with E-state index in [1.54, 1.807) is 7.11 Å². The fraction of sp³-hybridized carbons (Fsp3) is 0.571. The Labute approximate surface area is 103 Å². The van der Waals surface area contributed by atoms with Gasteiger partial charge in [0.15, 0.2) is 0 Å². The molecule has 0 amide bonds. The molecule has 0 spiro atoms. The van der Waals surface area contributed by atoms with Gasteiger partial charge in [0.25, 0.3) is 0 Å². The van der Waals surface area contributed by atoms with E-state index in [4.69, 9.17) is 15.2 Å². The maximum atomic E-state index is 5.68. The van der Waals surface area contributed by atoms with E-state index in [2.05, 4.69) is 6.07 Å². The van der Waals surface area contributed by atoms with E-state index in [1.807, 2.05) is 12.1 Å². The van der Waals surface area contributed by atoms with Crippen LogP contribution in [0.25, 0.3) is 0 Å². The summed E-state index contributed by atoms with van der Waals surface area (Å²) in [6.45, 7) is 2.04. The molecule has 1 aromatic carbocycles. The molecule has 0 bridgehead atoms. The molecule has 2 rings (SSSR count). The van der Waals surface area contributed by atoms with Gasteiger partial charge in [-0.15, -0.1) is 0 Å². The van der Waals surface area contributed by atoms with Crippen LogP contribution in [-0.4, -0.2) is 13.7 Å². The van der Waals surface area contributed by atoms with Gasteiger partial charge < -0.3 is 15.2 Å². The Morgan fingerprint density at radius 2 is 2.18 bits per heavy atom. The lowest BCUT2D eigenvalue weighted by Gasteiger charge is -2.09. The van der Waals surface area contributed by atoms with Crippen LogP contribution in [0, 0.1) is 5.92 Å². The van der Waals surface area contributed by atoms with Gasteiger partial charge in [0.05, 0.1) is 13.7 Å². The molecule has 94 valence electrons. The summed E-state index contributed by atoms with van der Waals surface area (Å²) in [5.41, 5.74) is 7.88. The van der Waals surface area contributed by atoms with Gasteiger partial charge in [0.1, 0.15) is 5.75 Å². The maximum absolute atomic E-state index is 5.68. The molecule has 1 fully saturated rings. The average Bonchev–Trinajstić information content (AvgIpc) is 3.18. The molecule has 0 atom stereocenters. The van der Waals surface area contributed by atoms with E-state index in [-0.39, 0.29) is 0 Å². The summed E-state index contributed by atoms with van der Waals surface area (Å²) in [6.07, 6.45) is 3.99. The lowest BCUT2D eigenvalue weighted by Crippen LogP contribution is -2.02. The average molecular weight is 235 g/mol. The second-order valence-corrected chi connectivity index (χ2v) is 4.63. The van der Waals surface area contributed by atoms with Crippen molar-refractivity contribution in [2.75, 3.05) is 13.7 Å². The summed E-state index contributed by atoms with van der Waals surface area (Å²) in [5.74, 6) is 1.79. The third-order valence-corrected chi connectivity index (χ3v) is 3.20. The van der Waals surface area contributed by atoms with Crippen LogP contribution >= 0.6 is 0 Å². The highest BCUT2D eigenvalue weighted by atomic mass is 16.5. The summed E-state index contributed by atoms with van der Waals surface area (Å²) in [5, 5.41) is 0. The van der Waals surface area contributed by atoms with Gasteiger partial charge >= 0.3 is 0 Å². The van der Waals surface area contributed by atoms with Crippen LogP contribution in [0.1, 0.15) is 30.4 Å². The van der Waals surface area contributed by atoms with Crippen LogP contribution < -0.4 is 10.5 Å². The molecular weight excluding hydrogens is 214 g/mol. The molecule has 1 aliphatic carbocycles. The van der Waals surface area contributed by atoms with Crippen molar-refractivity contribution in [2.24, 2.45) is 11.7 Å². The Morgan fingerprint density at radius 1 is 1.35 bits per heavy atom. The predicted molar refractivity (Wildman–Crippen MR) is 67.9 cm³/mol. The van der Waals surface area contributed by atoms with Crippen molar-refractivity contribution in [2.45, 2.75) is 32.4 Å². The largest absolute Gasteiger partial charge is 0.496 e. The van der Waals surface area contributed by atoms with E-state index in [9.17, 15) is 0 Å². The minimum atomic E-state index is 0.499. The molecule has 2 N–H and O–H groups in total. The molecule has 0 aromatic heterocycles. The number of ether oxygens (including phenoxy) is 2. The van der Waals surface area contributed by atoms with Crippen molar-refractivity contribution < 1.29 is 9.47 Å². The molecule has 0 saturated heterocycles. The highest BCUT2D eigenvalue weighted by Crippen LogP contribution is 2.32. The Bertz CT molecular complexity index is 361. The van der Waals surface area contributed by atoms with Gasteiger partial charge in [-0.3, -0.25) is 0 Å². The molecular formula is C14H21NO2. The Balaban J connectivity index is 1.82. The summed E-state index contributed by atoms with van der Waals surface area (Å²) in [7, 11) is 1.67. The fourth-order valence-corrected chi connectivity index (χ4v) is 1.93. The van der Waals surface area contributed by atoms with Gasteiger partial charge in [-0.25, -0.2) is 0 Å². The summed E-state index contributed by atoms with van der Waals surface area (Å²) >= 11 is 0. The zero-order valence-electron chi connectivity index (χ0n) is 10.4. The quantitative estimate of drug-likeness (QED) is 0.738. The van der Waals surface area contributed by atoms with Gasteiger partial charge in [-0.2, -0.15) is 0 Å². The lowest BCUT2D eigenvalue weighted by molar-refractivity contribution is 0.115. The number of hydrogen-bond donors (Lipinski definition) is 1. The molecule has 1 aliphatic rings. The number of nitrogens with two attached hydrogens (primary N) is 1. The lowest BCUT2D eigenvalue weighted by atomic mass is 10.1. The highest BCUT2D eigenvalue weighted by Gasteiger charge is 2.20. The van der Waals surface area contributed by atoms with E-state index in [0.29, 0.717) is 13.2 Å². The SMILES string of the molecule is COc1ccc(COCCC2CC2)cc1CN. The smallest absolute Gasteiger partial charge is 0.123 e. The van der Waals surface area contributed by atoms with Crippen molar-refractivity contribution in [3.8, 4) is 5.75 Å². The van der Waals surface area contributed by atoms with Crippen LogP contribution in [0.3, 0.4) is 0 Å². The number of benzene rings is 1. The zero-order chi connectivity index (χ0) is 12.1. The first-order chi connectivity index (χ1) is 8.33. The highest BCUT2D eigenvalue weighted by molar-refractivity contribution is 5.36. The second kappa shape index (κ2) is 6.03. The molecule has 0 aliphatic heterocycles. The number of rotatable bonds is 7. The monoisotopic (exact) mass is 235 g/mol. The predicted octanol–water partition coefficient (Wildman–Crippen LogP) is 2.47. The van der Waals surface area contributed by atoms with E-state index in [1.165, 1.54) is 24.8 Å². The van der Waals surface area contributed by atoms with Crippen LogP contribution in [0.4, 0.5) is 0 Å². The summed E-state index contributed by atoms with van der Waals surface area (Å²) in [6, 6.07) is 6.06. The molecule has 0 radical (unpaired) electrons. The molecule has 17 heavy (non-hydrogen) atoms. The molecule has 3 heteroatoms. The van der Waals surface area contributed by atoms with Crippen LogP contribution in [0.15, 0.2) is 18.2 Å². The van der Waals surface area contributed by atoms with Gasteiger partial charge in [0, 0.05) is 18.7 Å². The topological polar surface area (TPSA) is 44.5 Å². The molecule has 1 saturated carbocycles. The van der Waals surface area contributed by atoms with E-state index in [0.717, 1.165) is 23.8 Å². The first kappa shape index (κ1) is 12.4. The first-order valence-electron chi connectivity index (χ1n) is 6.27. The van der Waals surface area contributed by atoms with Gasteiger partial charge in [0.2, 0.25) is 0 Å². The van der Waals surface area contributed by atoms with Crippen LogP contribution in [-0.2, 0) is 17.9 Å².